The number of allylic oxidation sites excluding steroid dienone is 1. The maximum Gasteiger partial charge on any atom is 0.339 e. The second-order valence-corrected chi connectivity index (χ2v) is 11.0. The molecule has 1 saturated carbocycles. The third kappa shape index (κ3) is 5.10. The van der Waals surface area contributed by atoms with Crippen LogP contribution in [0.25, 0.3) is 22.6 Å². The lowest BCUT2D eigenvalue weighted by Gasteiger charge is -2.34. The van der Waals surface area contributed by atoms with Crippen LogP contribution in [0.3, 0.4) is 0 Å². The first kappa shape index (κ1) is 25.4. The lowest BCUT2D eigenvalue weighted by atomic mass is 9.78. The highest BCUT2D eigenvalue weighted by molar-refractivity contribution is 6.07. The predicted molar refractivity (Wildman–Crippen MR) is 150 cm³/mol. The molecule has 7 nitrogen and oxygen atoms in total. The van der Waals surface area contributed by atoms with Crippen molar-refractivity contribution in [1.29, 1.82) is 0 Å². The fourth-order valence-corrected chi connectivity index (χ4v) is 6.15. The van der Waals surface area contributed by atoms with Crippen molar-refractivity contribution in [2.45, 2.75) is 58.4 Å². The fourth-order valence-electron chi connectivity index (χ4n) is 6.15. The number of carbonyl (C=O) groups excluding carboxylic acids is 2. The van der Waals surface area contributed by atoms with Gasteiger partial charge in [-0.15, -0.1) is 0 Å². The monoisotopic (exact) mass is 526 g/mol. The maximum atomic E-state index is 13.6. The predicted octanol–water partition coefficient (Wildman–Crippen LogP) is 5.94. The Morgan fingerprint density at radius 2 is 1.90 bits per heavy atom. The summed E-state index contributed by atoms with van der Waals surface area (Å²) >= 11 is 0. The smallest absolute Gasteiger partial charge is 0.339 e. The van der Waals surface area contributed by atoms with Gasteiger partial charge in [-0.25, -0.2) is 9.78 Å². The molecule has 2 heterocycles. The summed E-state index contributed by atoms with van der Waals surface area (Å²) in [4.78, 5) is 31.3. The number of nitrogens with zero attached hydrogens (tertiary/aromatic N) is 1. The van der Waals surface area contributed by atoms with Gasteiger partial charge in [-0.1, -0.05) is 51.0 Å². The molecular weight excluding hydrogens is 492 g/mol. The SMILES string of the molecule is C[C@H]1[C@H](C)CCC[C@H]1NC(=O)COC(=O)c1c2c(nc3ccccc13)/C(=C\c1ccc3c(c1)OCO3)CCC2. The summed E-state index contributed by atoms with van der Waals surface area (Å²) in [5.41, 5.74) is 5.00. The Kier molecular flexibility index (Phi) is 6.98. The van der Waals surface area contributed by atoms with Gasteiger partial charge in [-0.3, -0.25) is 4.79 Å². The molecule has 1 aromatic heterocycles. The van der Waals surface area contributed by atoms with Gasteiger partial charge in [0.2, 0.25) is 6.79 Å². The molecule has 2 aliphatic carbocycles. The van der Waals surface area contributed by atoms with E-state index in [4.69, 9.17) is 19.2 Å². The molecule has 6 rings (SSSR count). The van der Waals surface area contributed by atoms with E-state index in [9.17, 15) is 9.59 Å². The van der Waals surface area contributed by atoms with Crippen LogP contribution < -0.4 is 14.8 Å². The van der Waals surface area contributed by atoms with Crippen molar-refractivity contribution >= 4 is 34.4 Å². The molecule has 3 aromatic rings. The Labute approximate surface area is 228 Å². The molecule has 1 N–H and O–H groups in total. The van der Waals surface area contributed by atoms with Gasteiger partial charge < -0.3 is 19.5 Å². The van der Waals surface area contributed by atoms with Crippen LogP contribution in [-0.2, 0) is 16.0 Å². The summed E-state index contributed by atoms with van der Waals surface area (Å²) in [7, 11) is 0. The number of pyridine rings is 1. The van der Waals surface area contributed by atoms with E-state index < -0.39 is 5.97 Å². The molecule has 0 spiro atoms. The Morgan fingerprint density at radius 1 is 1.05 bits per heavy atom. The largest absolute Gasteiger partial charge is 0.454 e. The molecule has 2 aromatic carbocycles. The van der Waals surface area contributed by atoms with Crippen molar-refractivity contribution in [2.75, 3.05) is 13.4 Å². The summed E-state index contributed by atoms with van der Waals surface area (Å²) in [6.07, 6.45) is 7.83. The van der Waals surface area contributed by atoms with Crippen LogP contribution in [0.15, 0.2) is 42.5 Å². The number of rotatable bonds is 5. The van der Waals surface area contributed by atoms with E-state index in [-0.39, 0.29) is 25.3 Å². The van der Waals surface area contributed by atoms with Gasteiger partial charge in [-0.05, 0) is 78.5 Å². The van der Waals surface area contributed by atoms with Gasteiger partial charge in [0.1, 0.15) is 0 Å². The summed E-state index contributed by atoms with van der Waals surface area (Å²) in [5.74, 6) is 1.73. The number of carbonyl (C=O) groups is 2. The minimum absolute atomic E-state index is 0.123. The molecule has 0 unspecified atom stereocenters. The highest BCUT2D eigenvalue weighted by Crippen LogP contribution is 2.38. The Bertz CT molecular complexity index is 1460. The highest BCUT2D eigenvalue weighted by atomic mass is 16.7. The molecule has 0 radical (unpaired) electrons. The Balaban J connectivity index is 1.28. The number of benzene rings is 2. The molecule has 39 heavy (non-hydrogen) atoms. The molecule has 7 heteroatoms. The number of nitrogens with one attached hydrogen (secondary N) is 1. The maximum absolute atomic E-state index is 13.6. The molecule has 1 amide bonds. The van der Waals surface area contributed by atoms with Gasteiger partial charge in [0.05, 0.1) is 16.8 Å². The van der Waals surface area contributed by atoms with Gasteiger partial charge in [0, 0.05) is 11.4 Å². The lowest BCUT2D eigenvalue weighted by molar-refractivity contribution is -0.125. The summed E-state index contributed by atoms with van der Waals surface area (Å²) in [5, 5.41) is 3.85. The topological polar surface area (TPSA) is 86.8 Å². The van der Waals surface area contributed by atoms with Crippen LogP contribution in [0.4, 0.5) is 0 Å². The summed E-state index contributed by atoms with van der Waals surface area (Å²) in [6, 6.07) is 13.6. The van der Waals surface area contributed by atoms with Crippen molar-refractivity contribution < 1.29 is 23.8 Å². The number of para-hydroxylation sites is 1. The second kappa shape index (κ2) is 10.7. The first-order valence-corrected chi connectivity index (χ1v) is 14.0. The summed E-state index contributed by atoms with van der Waals surface area (Å²) < 4.78 is 16.6. The molecule has 1 aliphatic heterocycles. The molecule has 3 atom stereocenters. The Hall–Kier alpha value is -3.87. The van der Waals surface area contributed by atoms with E-state index in [1.807, 2.05) is 42.5 Å². The van der Waals surface area contributed by atoms with Gasteiger partial charge in [0.25, 0.3) is 5.91 Å². The lowest BCUT2D eigenvalue weighted by Crippen LogP contribution is -2.45. The third-order valence-corrected chi connectivity index (χ3v) is 8.50. The first-order valence-electron chi connectivity index (χ1n) is 14.0. The van der Waals surface area contributed by atoms with Gasteiger partial charge in [-0.2, -0.15) is 0 Å². The number of esters is 1. The van der Waals surface area contributed by atoms with Crippen LogP contribution in [-0.4, -0.2) is 36.3 Å². The summed E-state index contributed by atoms with van der Waals surface area (Å²) in [6.45, 7) is 4.36. The van der Waals surface area contributed by atoms with Crippen LogP contribution in [0.2, 0.25) is 0 Å². The number of ether oxygens (including phenoxy) is 3. The zero-order chi connectivity index (χ0) is 26.9. The van der Waals surface area contributed by atoms with Gasteiger partial charge in [0.15, 0.2) is 18.1 Å². The van der Waals surface area contributed by atoms with E-state index in [0.717, 1.165) is 76.9 Å². The first-order chi connectivity index (χ1) is 19.0. The third-order valence-electron chi connectivity index (χ3n) is 8.50. The number of aromatic nitrogens is 1. The highest BCUT2D eigenvalue weighted by Gasteiger charge is 2.29. The Morgan fingerprint density at radius 3 is 2.79 bits per heavy atom. The number of hydrogen-bond acceptors (Lipinski definition) is 6. The van der Waals surface area contributed by atoms with E-state index in [1.165, 1.54) is 6.42 Å². The van der Waals surface area contributed by atoms with E-state index in [1.54, 1.807) is 0 Å². The molecule has 1 fully saturated rings. The average molecular weight is 527 g/mol. The quantitative estimate of drug-likeness (QED) is 0.414. The minimum Gasteiger partial charge on any atom is -0.454 e. The second-order valence-electron chi connectivity index (χ2n) is 11.0. The van der Waals surface area contributed by atoms with Crippen LogP contribution >= 0.6 is 0 Å². The van der Waals surface area contributed by atoms with Crippen LogP contribution in [0.5, 0.6) is 11.5 Å². The van der Waals surface area contributed by atoms with Crippen LogP contribution in [0, 0.1) is 11.8 Å². The van der Waals surface area contributed by atoms with Crippen LogP contribution in [0.1, 0.15) is 73.1 Å². The van der Waals surface area contributed by atoms with Crippen molar-refractivity contribution in [1.82, 2.24) is 10.3 Å². The zero-order valence-corrected chi connectivity index (χ0v) is 22.5. The zero-order valence-electron chi connectivity index (χ0n) is 22.5. The molecule has 3 aliphatic rings. The number of amides is 1. The number of fused-ring (bicyclic) bond motifs is 3. The average Bonchev–Trinajstić information content (AvgIpc) is 3.41. The van der Waals surface area contributed by atoms with Crippen molar-refractivity contribution in [3.8, 4) is 11.5 Å². The normalized spacial score (nSPS) is 22.9. The van der Waals surface area contributed by atoms with E-state index >= 15 is 0 Å². The van der Waals surface area contributed by atoms with Gasteiger partial charge >= 0.3 is 5.97 Å². The van der Waals surface area contributed by atoms with E-state index in [0.29, 0.717) is 17.4 Å². The minimum atomic E-state index is -0.477. The number of hydrogen-bond donors (Lipinski definition) is 1. The molecular formula is C32H34N2O5. The molecule has 0 saturated heterocycles. The molecule has 202 valence electrons. The van der Waals surface area contributed by atoms with Crippen molar-refractivity contribution in [2.24, 2.45) is 11.8 Å². The standard InChI is InChI=1S/C32H34N2O5/c1-19-7-5-12-25(20(19)2)33-29(35)17-37-32(36)30-23-9-3-4-11-26(23)34-31-22(8-6-10-24(30)31)15-21-13-14-27-28(16-21)39-18-38-27/h3-4,9,11,13-16,19-20,25H,5-8,10,12,17-18H2,1-2H3,(H,33,35)/b22-15-/t19-,20+,25-/m1/s1. The van der Waals surface area contributed by atoms with Crippen molar-refractivity contribution in [3.63, 3.8) is 0 Å². The fraction of sp³-hybridized carbons (Fsp3) is 0.406. The molecule has 0 bridgehead atoms. The van der Waals surface area contributed by atoms with Crippen molar-refractivity contribution in [3.05, 3.63) is 64.8 Å². The van der Waals surface area contributed by atoms with E-state index in [2.05, 4.69) is 25.2 Å².